The van der Waals surface area contributed by atoms with Crippen molar-refractivity contribution in [1.29, 1.82) is 0 Å². The molecule has 0 spiro atoms. The molecule has 2 rings (SSSR count). The molecule has 14 heavy (non-hydrogen) atoms. The van der Waals surface area contributed by atoms with Gasteiger partial charge in [0.25, 0.3) is 0 Å². The Bertz CT molecular complexity index is 312. The molecule has 0 amide bonds. The third-order valence-corrected chi connectivity index (χ3v) is 3.24. The minimum atomic E-state index is 0.376. The summed E-state index contributed by atoms with van der Waals surface area (Å²) in [4.78, 5) is 0. The molecule has 1 saturated heterocycles. The molecule has 2 heteroatoms. The van der Waals surface area contributed by atoms with Gasteiger partial charge in [0.1, 0.15) is 5.75 Å². The zero-order valence-electron chi connectivity index (χ0n) is 8.59. The highest BCUT2D eigenvalue weighted by molar-refractivity contribution is 5.28. The number of rotatable bonds is 3. The van der Waals surface area contributed by atoms with Crippen molar-refractivity contribution in [3.05, 3.63) is 29.8 Å². The normalized spacial score (nSPS) is 18.9. The van der Waals surface area contributed by atoms with E-state index in [9.17, 15) is 5.11 Å². The summed E-state index contributed by atoms with van der Waals surface area (Å²) in [6.45, 7) is 4.46. The maximum Gasteiger partial charge on any atom is 0.115 e. The van der Waals surface area contributed by atoms with Gasteiger partial charge in [-0.25, -0.2) is 0 Å². The number of benzene rings is 1. The van der Waals surface area contributed by atoms with Crippen molar-refractivity contribution in [1.82, 2.24) is 5.32 Å². The van der Waals surface area contributed by atoms with E-state index in [4.69, 9.17) is 0 Å². The molecule has 1 aromatic carbocycles. The van der Waals surface area contributed by atoms with Crippen LogP contribution in [0.3, 0.4) is 0 Å². The standard InChI is InChI=1S/C12H17NO/c1-2-12(8-13-9-12)7-10-4-3-5-11(14)6-10/h3-6,13-14H,2,7-9H2,1H3. The SMILES string of the molecule is CCC1(Cc2cccc(O)c2)CNC1. The Morgan fingerprint density at radius 1 is 1.43 bits per heavy atom. The first-order valence-corrected chi connectivity index (χ1v) is 5.23. The number of phenolic OH excluding ortho intramolecular Hbond substituents is 1. The fourth-order valence-electron chi connectivity index (χ4n) is 2.08. The molecular weight excluding hydrogens is 174 g/mol. The maximum absolute atomic E-state index is 9.36. The first-order chi connectivity index (χ1) is 6.74. The van der Waals surface area contributed by atoms with Gasteiger partial charge in [0.2, 0.25) is 0 Å². The van der Waals surface area contributed by atoms with Crippen LogP contribution in [0.5, 0.6) is 5.75 Å². The quantitative estimate of drug-likeness (QED) is 0.765. The molecule has 1 heterocycles. The summed E-state index contributed by atoms with van der Waals surface area (Å²) in [6.07, 6.45) is 2.28. The van der Waals surface area contributed by atoms with Crippen molar-refractivity contribution < 1.29 is 5.11 Å². The van der Waals surface area contributed by atoms with Gasteiger partial charge in [0, 0.05) is 13.1 Å². The molecule has 76 valence electrons. The van der Waals surface area contributed by atoms with Crippen LogP contribution in [0, 0.1) is 5.41 Å². The fourth-order valence-corrected chi connectivity index (χ4v) is 2.08. The summed E-state index contributed by atoms with van der Waals surface area (Å²) in [5, 5.41) is 12.7. The van der Waals surface area contributed by atoms with Crippen LogP contribution in [0.25, 0.3) is 0 Å². The molecule has 1 fully saturated rings. The van der Waals surface area contributed by atoms with Gasteiger partial charge in [0.15, 0.2) is 0 Å². The molecule has 1 aromatic rings. The van der Waals surface area contributed by atoms with Crippen LogP contribution in [-0.2, 0) is 6.42 Å². The van der Waals surface area contributed by atoms with Crippen molar-refractivity contribution >= 4 is 0 Å². The van der Waals surface area contributed by atoms with Crippen LogP contribution >= 0.6 is 0 Å². The van der Waals surface area contributed by atoms with Crippen LogP contribution in [0.4, 0.5) is 0 Å². The number of hydrogen-bond acceptors (Lipinski definition) is 2. The first-order valence-electron chi connectivity index (χ1n) is 5.23. The predicted octanol–water partition coefficient (Wildman–Crippen LogP) is 1.93. The zero-order chi connectivity index (χ0) is 10.0. The lowest BCUT2D eigenvalue weighted by atomic mass is 9.74. The van der Waals surface area contributed by atoms with Crippen LogP contribution in [-0.4, -0.2) is 18.2 Å². The molecule has 0 bridgehead atoms. The van der Waals surface area contributed by atoms with E-state index in [0.29, 0.717) is 11.2 Å². The maximum atomic E-state index is 9.36. The minimum absolute atomic E-state index is 0.376. The average Bonchev–Trinajstić information content (AvgIpc) is 2.11. The van der Waals surface area contributed by atoms with E-state index in [1.807, 2.05) is 12.1 Å². The van der Waals surface area contributed by atoms with Crippen LogP contribution in [0.1, 0.15) is 18.9 Å². The van der Waals surface area contributed by atoms with E-state index < -0.39 is 0 Å². The Morgan fingerprint density at radius 2 is 2.21 bits per heavy atom. The molecule has 0 saturated carbocycles. The Kier molecular flexibility index (Phi) is 2.46. The second kappa shape index (κ2) is 3.62. The summed E-state index contributed by atoms with van der Waals surface area (Å²) in [5.74, 6) is 0.376. The smallest absolute Gasteiger partial charge is 0.115 e. The molecule has 2 N–H and O–H groups in total. The number of phenols is 1. The lowest BCUT2D eigenvalue weighted by molar-refractivity contribution is 0.160. The Morgan fingerprint density at radius 3 is 2.71 bits per heavy atom. The second-order valence-electron chi connectivity index (χ2n) is 4.30. The fraction of sp³-hybridized carbons (Fsp3) is 0.500. The highest BCUT2D eigenvalue weighted by Gasteiger charge is 2.34. The first kappa shape index (κ1) is 9.53. The van der Waals surface area contributed by atoms with Gasteiger partial charge < -0.3 is 10.4 Å². The monoisotopic (exact) mass is 191 g/mol. The number of aromatic hydroxyl groups is 1. The van der Waals surface area contributed by atoms with E-state index in [1.165, 1.54) is 12.0 Å². The Labute approximate surface area is 85.0 Å². The Hall–Kier alpha value is -1.02. The van der Waals surface area contributed by atoms with Crippen molar-refractivity contribution in [2.75, 3.05) is 13.1 Å². The number of hydrogen-bond donors (Lipinski definition) is 2. The van der Waals surface area contributed by atoms with Crippen molar-refractivity contribution in [3.8, 4) is 5.75 Å². The van der Waals surface area contributed by atoms with Gasteiger partial charge in [0.05, 0.1) is 0 Å². The van der Waals surface area contributed by atoms with E-state index in [1.54, 1.807) is 6.07 Å². The van der Waals surface area contributed by atoms with Gasteiger partial charge in [-0.3, -0.25) is 0 Å². The average molecular weight is 191 g/mol. The molecule has 0 radical (unpaired) electrons. The summed E-state index contributed by atoms with van der Waals surface area (Å²) < 4.78 is 0. The molecule has 0 atom stereocenters. The zero-order valence-corrected chi connectivity index (χ0v) is 8.59. The third-order valence-electron chi connectivity index (χ3n) is 3.24. The predicted molar refractivity (Wildman–Crippen MR) is 57.4 cm³/mol. The lowest BCUT2D eigenvalue weighted by Crippen LogP contribution is -2.54. The molecule has 2 nitrogen and oxygen atoms in total. The van der Waals surface area contributed by atoms with Gasteiger partial charge >= 0.3 is 0 Å². The van der Waals surface area contributed by atoms with Gasteiger partial charge in [-0.15, -0.1) is 0 Å². The van der Waals surface area contributed by atoms with Crippen LogP contribution in [0.2, 0.25) is 0 Å². The van der Waals surface area contributed by atoms with E-state index in [2.05, 4.69) is 18.3 Å². The number of nitrogens with one attached hydrogen (secondary N) is 1. The summed E-state index contributed by atoms with van der Waals surface area (Å²) in [6, 6.07) is 7.60. The topological polar surface area (TPSA) is 32.3 Å². The lowest BCUT2D eigenvalue weighted by Gasteiger charge is -2.42. The summed E-state index contributed by atoms with van der Waals surface area (Å²) in [5.41, 5.74) is 1.68. The van der Waals surface area contributed by atoms with E-state index in [0.717, 1.165) is 19.5 Å². The van der Waals surface area contributed by atoms with Gasteiger partial charge in [-0.2, -0.15) is 0 Å². The summed E-state index contributed by atoms with van der Waals surface area (Å²) >= 11 is 0. The van der Waals surface area contributed by atoms with Crippen molar-refractivity contribution in [2.24, 2.45) is 5.41 Å². The second-order valence-corrected chi connectivity index (χ2v) is 4.30. The molecule has 0 aromatic heterocycles. The molecule has 0 aliphatic carbocycles. The van der Waals surface area contributed by atoms with Crippen molar-refractivity contribution in [2.45, 2.75) is 19.8 Å². The van der Waals surface area contributed by atoms with Crippen LogP contribution < -0.4 is 5.32 Å². The largest absolute Gasteiger partial charge is 0.508 e. The van der Waals surface area contributed by atoms with Crippen LogP contribution in [0.15, 0.2) is 24.3 Å². The van der Waals surface area contributed by atoms with E-state index >= 15 is 0 Å². The molecule has 1 aliphatic heterocycles. The van der Waals surface area contributed by atoms with Gasteiger partial charge in [-0.1, -0.05) is 19.1 Å². The molecule has 1 aliphatic rings. The molecule has 0 unspecified atom stereocenters. The third kappa shape index (κ3) is 1.75. The molecular formula is C12H17NO. The highest BCUT2D eigenvalue weighted by atomic mass is 16.3. The minimum Gasteiger partial charge on any atom is -0.508 e. The summed E-state index contributed by atoms with van der Waals surface area (Å²) in [7, 11) is 0. The van der Waals surface area contributed by atoms with Crippen molar-refractivity contribution in [3.63, 3.8) is 0 Å². The van der Waals surface area contributed by atoms with Gasteiger partial charge in [-0.05, 0) is 36.0 Å². The van der Waals surface area contributed by atoms with E-state index in [-0.39, 0.29) is 0 Å². The highest BCUT2D eigenvalue weighted by Crippen LogP contribution is 2.31. The Balaban J connectivity index is 2.09.